The van der Waals surface area contributed by atoms with Gasteiger partial charge >= 0.3 is 0 Å². The highest BCUT2D eigenvalue weighted by atomic mass is 32.2. The van der Waals surface area contributed by atoms with Gasteiger partial charge in [-0.1, -0.05) is 12.1 Å². The maximum Gasteiger partial charge on any atom is 0.175 e. The van der Waals surface area contributed by atoms with Crippen molar-refractivity contribution in [1.29, 1.82) is 5.26 Å². The molecule has 0 radical (unpaired) electrons. The standard InChI is InChI=1S/C20H18N4O2S/c1-27(25,26)17-8-9-19-18(10-17)20(23-13-22-19)24(16-6-7-16)12-15-4-2-14(11-21)3-5-15/h2-5,8-10,13,16H,6-7,12H2,1H3. The quantitative estimate of drug-likeness (QED) is 0.678. The average Bonchev–Trinajstić information content (AvgIpc) is 3.50. The summed E-state index contributed by atoms with van der Waals surface area (Å²) in [4.78, 5) is 11.2. The molecule has 1 fully saturated rings. The molecule has 3 aromatic rings. The number of benzene rings is 2. The van der Waals surface area contributed by atoms with Crippen molar-refractivity contribution >= 4 is 26.6 Å². The van der Waals surface area contributed by atoms with E-state index >= 15 is 0 Å². The molecule has 0 N–H and O–H groups in total. The molecule has 27 heavy (non-hydrogen) atoms. The fraction of sp³-hybridized carbons (Fsp3) is 0.250. The summed E-state index contributed by atoms with van der Waals surface area (Å²) < 4.78 is 23.9. The summed E-state index contributed by atoms with van der Waals surface area (Å²) in [6.07, 6.45) is 4.88. The highest BCUT2D eigenvalue weighted by Crippen LogP contribution is 2.35. The van der Waals surface area contributed by atoms with Crippen LogP contribution in [0.3, 0.4) is 0 Å². The first kappa shape index (κ1) is 17.4. The molecule has 0 bridgehead atoms. The summed E-state index contributed by atoms with van der Waals surface area (Å²) in [5.74, 6) is 0.748. The topological polar surface area (TPSA) is 87.0 Å². The van der Waals surface area contributed by atoms with Crippen molar-refractivity contribution in [2.24, 2.45) is 0 Å². The summed E-state index contributed by atoms with van der Waals surface area (Å²) in [5, 5.41) is 9.71. The lowest BCUT2D eigenvalue weighted by Crippen LogP contribution is -2.26. The van der Waals surface area contributed by atoms with Crippen LogP contribution in [0.15, 0.2) is 53.7 Å². The highest BCUT2D eigenvalue weighted by molar-refractivity contribution is 7.90. The Morgan fingerprint density at radius 1 is 1.15 bits per heavy atom. The Labute approximate surface area is 158 Å². The van der Waals surface area contributed by atoms with Crippen LogP contribution in [0.1, 0.15) is 24.0 Å². The molecule has 0 saturated heterocycles. The number of rotatable bonds is 5. The summed E-state index contributed by atoms with van der Waals surface area (Å²) in [5.41, 5.74) is 2.42. The van der Waals surface area contributed by atoms with E-state index in [0.29, 0.717) is 18.2 Å². The molecule has 4 rings (SSSR count). The number of hydrogen-bond donors (Lipinski definition) is 0. The first-order valence-corrected chi connectivity index (χ1v) is 10.6. The van der Waals surface area contributed by atoms with Crippen LogP contribution in [0.25, 0.3) is 10.9 Å². The van der Waals surface area contributed by atoms with Crippen molar-refractivity contribution in [1.82, 2.24) is 9.97 Å². The Hall–Kier alpha value is -2.98. The average molecular weight is 378 g/mol. The van der Waals surface area contributed by atoms with Gasteiger partial charge in [0.05, 0.1) is 22.0 Å². The van der Waals surface area contributed by atoms with Gasteiger partial charge in [0.25, 0.3) is 0 Å². The Balaban J connectivity index is 1.78. The van der Waals surface area contributed by atoms with Crippen LogP contribution < -0.4 is 4.90 Å². The van der Waals surface area contributed by atoms with E-state index in [1.54, 1.807) is 30.3 Å². The summed E-state index contributed by atoms with van der Waals surface area (Å²) >= 11 is 0. The molecule has 0 amide bonds. The lowest BCUT2D eigenvalue weighted by molar-refractivity contribution is 0.602. The molecule has 7 heteroatoms. The van der Waals surface area contributed by atoms with Crippen molar-refractivity contribution in [3.8, 4) is 6.07 Å². The molecular weight excluding hydrogens is 360 g/mol. The van der Waals surface area contributed by atoms with Crippen molar-refractivity contribution < 1.29 is 8.42 Å². The van der Waals surface area contributed by atoms with Gasteiger partial charge in [0, 0.05) is 24.2 Å². The zero-order valence-electron chi connectivity index (χ0n) is 14.8. The SMILES string of the molecule is CS(=O)(=O)c1ccc2ncnc(N(Cc3ccc(C#N)cc3)C3CC3)c2c1. The fourth-order valence-corrected chi connectivity index (χ4v) is 3.77. The molecule has 1 saturated carbocycles. The third-order valence-corrected chi connectivity index (χ3v) is 5.82. The third-order valence-electron chi connectivity index (χ3n) is 4.71. The van der Waals surface area contributed by atoms with Crippen LogP contribution in [0.4, 0.5) is 5.82 Å². The van der Waals surface area contributed by atoms with Crippen LogP contribution in [0, 0.1) is 11.3 Å². The molecule has 136 valence electrons. The van der Waals surface area contributed by atoms with Crippen molar-refractivity contribution in [2.45, 2.75) is 30.3 Å². The van der Waals surface area contributed by atoms with Gasteiger partial charge in [-0.25, -0.2) is 18.4 Å². The second kappa shape index (κ2) is 6.63. The Kier molecular flexibility index (Phi) is 4.28. The van der Waals surface area contributed by atoms with Gasteiger partial charge in [0.15, 0.2) is 9.84 Å². The van der Waals surface area contributed by atoms with Crippen molar-refractivity contribution in [3.05, 3.63) is 59.9 Å². The first-order valence-electron chi connectivity index (χ1n) is 8.66. The van der Waals surface area contributed by atoms with E-state index in [9.17, 15) is 8.42 Å². The van der Waals surface area contributed by atoms with E-state index in [1.165, 1.54) is 12.6 Å². The third kappa shape index (κ3) is 3.62. The largest absolute Gasteiger partial charge is 0.349 e. The minimum absolute atomic E-state index is 0.264. The zero-order chi connectivity index (χ0) is 19.0. The van der Waals surface area contributed by atoms with Crippen LogP contribution in [0.2, 0.25) is 0 Å². The monoisotopic (exact) mass is 378 g/mol. The molecule has 1 aliphatic carbocycles. The van der Waals surface area contributed by atoms with Crippen molar-refractivity contribution in [3.63, 3.8) is 0 Å². The molecule has 6 nitrogen and oxygen atoms in total. The maximum atomic E-state index is 12.0. The molecule has 2 aromatic carbocycles. The number of hydrogen-bond acceptors (Lipinski definition) is 6. The minimum atomic E-state index is -3.31. The Morgan fingerprint density at radius 2 is 1.89 bits per heavy atom. The predicted molar refractivity (Wildman–Crippen MR) is 103 cm³/mol. The van der Waals surface area contributed by atoms with Gasteiger partial charge in [-0.3, -0.25) is 0 Å². The molecule has 1 aliphatic rings. The van der Waals surface area contributed by atoms with E-state index in [-0.39, 0.29) is 4.90 Å². The van der Waals surface area contributed by atoms with E-state index in [1.807, 2.05) is 12.1 Å². The fourth-order valence-electron chi connectivity index (χ4n) is 3.13. The first-order chi connectivity index (χ1) is 13.0. The second-order valence-electron chi connectivity index (χ2n) is 6.82. The lowest BCUT2D eigenvalue weighted by Gasteiger charge is -2.25. The number of fused-ring (bicyclic) bond motifs is 1. The number of aromatic nitrogens is 2. The van der Waals surface area contributed by atoms with E-state index in [0.717, 1.165) is 35.1 Å². The normalized spacial score (nSPS) is 14.1. The van der Waals surface area contributed by atoms with Gasteiger partial charge in [-0.05, 0) is 48.7 Å². The van der Waals surface area contributed by atoms with Crippen LogP contribution >= 0.6 is 0 Å². The summed E-state index contributed by atoms with van der Waals surface area (Å²) in [7, 11) is -3.31. The smallest absolute Gasteiger partial charge is 0.175 e. The number of nitrogens with zero attached hydrogens (tertiary/aromatic N) is 4. The highest BCUT2D eigenvalue weighted by Gasteiger charge is 2.31. The number of sulfone groups is 1. The number of nitriles is 1. The van der Waals surface area contributed by atoms with Gasteiger partial charge < -0.3 is 4.90 Å². The number of anilines is 1. The summed E-state index contributed by atoms with van der Waals surface area (Å²) in [6.45, 7) is 0.644. The summed E-state index contributed by atoms with van der Waals surface area (Å²) in [6, 6.07) is 15.0. The Morgan fingerprint density at radius 3 is 2.52 bits per heavy atom. The second-order valence-corrected chi connectivity index (χ2v) is 8.83. The maximum absolute atomic E-state index is 12.0. The van der Waals surface area contributed by atoms with Crippen LogP contribution in [-0.4, -0.2) is 30.7 Å². The molecule has 0 unspecified atom stereocenters. The minimum Gasteiger partial charge on any atom is -0.349 e. The molecule has 0 atom stereocenters. The Bertz CT molecular complexity index is 1150. The van der Waals surface area contributed by atoms with Gasteiger partial charge in [-0.15, -0.1) is 0 Å². The van der Waals surface area contributed by atoms with Gasteiger partial charge in [0.2, 0.25) is 0 Å². The van der Waals surface area contributed by atoms with E-state index in [4.69, 9.17) is 5.26 Å². The van der Waals surface area contributed by atoms with Gasteiger partial charge in [-0.2, -0.15) is 5.26 Å². The van der Waals surface area contributed by atoms with Crippen LogP contribution in [-0.2, 0) is 16.4 Å². The zero-order valence-corrected chi connectivity index (χ0v) is 15.6. The lowest BCUT2D eigenvalue weighted by atomic mass is 10.1. The molecule has 0 aliphatic heterocycles. The predicted octanol–water partition coefficient (Wildman–Crippen LogP) is 3.07. The van der Waals surface area contributed by atoms with Gasteiger partial charge in [0.1, 0.15) is 12.1 Å². The van der Waals surface area contributed by atoms with Crippen molar-refractivity contribution in [2.75, 3.05) is 11.2 Å². The van der Waals surface area contributed by atoms with E-state index < -0.39 is 9.84 Å². The molecule has 1 heterocycles. The molecular formula is C20H18N4O2S. The van der Waals surface area contributed by atoms with Crippen LogP contribution in [0.5, 0.6) is 0 Å². The molecule has 0 spiro atoms. The van der Waals surface area contributed by atoms with E-state index in [2.05, 4.69) is 20.9 Å². The molecule has 1 aromatic heterocycles.